The SMILES string of the molecule is CC1=CCCC(C)C12CC[C@H](C(C)(C)O)C2. The van der Waals surface area contributed by atoms with Crippen molar-refractivity contribution in [3.8, 4) is 0 Å². The second-order valence-corrected chi connectivity index (χ2v) is 6.62. The lowest BCUT2D eigenvalue weighted by molar-refractivity contribution is 0.0128. The van der Waals surface area contributed by atoms with Crippen LogP contribution in [0.15, 0.2) is 11.6 Å². The fourth-order valence-corrected chi connectivity index (χ4v) is 3.90. The Labute approximate surface area is 99.9 Å². The topological polar surface area (TPSA) is 20.2 Å². The van der Waals surface area contributed by atoms with E-state index in [0.29, 0.717) is 11.3 Å². The predicted octanol–water partition coefficient (Wildman–Crippen LogP) is 3.92. The van der Waals surface area contributed by atoms with Crippen LogP contribution >= 0.6 is 0 Å². The number of aliphatic hydroxyl groups is 1. The first-order chi connectivity index (χ1) is 7.36. The molecule has 1 spiro atoms. The van der Waals surface area contributed by atoms with Gasteiger partial charge in [0.1, 0.15) is 0 Å². The highest BCUT2D eigenvalue weighted by Gasteiger charge is 2.48. The van der Waals surface area contributed by atoms with Crippen molar-refractivity contribution in [2.45, 2.75) is 65.4 Å². The number of hydrogen-bond donors (Lipinski definition) is 1. The van der Waals surface area contributed by atoms with Gasteiger partial charge in [-0.25, -0.2) is 0 Å². The van der Waals surface area contributed by atoms with Crippen molar-refractivity contribution in [1.29, 1.82) is 0 Å². The molecule has 0 heterocycles. The molecule has 0 aromatic carbocycles. The predicted molar refractivity (Wildman–Crippen MR) is 68.2 cm³/mol. The molecule has 16 heavy (non-hydrogen) atoms. The van der Waals surface area contributed by atoms with Crippen LogP contribution in [0.25, 0.3) is 0 Å². The van der Waals surface area contributed by atoms with E-state index in [4.69, 9.17) is 0 Å². The monoisotopic (exact) mass is 222 g/mol. The maximum atomic E-state index is 10.2. The van der Waals surface area contributed by atoms with Crippen molar-refractivity contribution in [3.05, 3.63) is 11.6 Å². The van der Waals surface area contributed by atoms with Crippen LogP contribution in [-0.4, -0.2) is 10.7 Å². The molecule has 0 radical (unpaired) electrons. The van der Waals surface area contributed by atoms with Gasteiger partial charge in [-0.15, -0.1) is 0 Å². The van der Waals surface area contributed by atoms with Crippen LogP contribution in [0.3, 0.4) is 0 Å². The van der Waals surface area contributed by atoms with Crippen LogP contribution in [0.1, 0.15) is 59.8 Å². The van der Waals surface area contributed by atoms with Gasteiger partial charge in [0.25, 0.3) is 0 Å². The summed E-state index contributed by atoms with van der Waals surface area (Å²) in [5.41, 5.74) is 1.52. The molecule has 2 aliphatic carbocycles. The molecule has 92 valence electrons. The zero-order chi connectivity index (χ0) is 12.0. The molecule has 1 fully saturated rings. The first-order valence-electron chi connectivity index (χ1n) is 6.76. The fraction of sp³-hybridized carbons (Fsp3) is 0.867. The van der Waals surface area contributed by atoms with Crippen LogP contribution in [0.5, 0.6) is 0 Å². The van der Waals surface area contributed by atoms with E-state index in [1.807, 2.05) is 13.8 Å². The molecule has 0 saturated heterocycles. The van der Waals surface area contributed by atoms with Gasteiger partial charge in [-0.05, 0) is 70.1 Å². The first kappa shape index (κ1) is 12.2. The average Bonchev–Trinajstić information content (AvgIpc) is 2.60. The molecule has 1 nitrogen and oxygen atoms in total. The summed E-state index contributed by atoms with van der Waals surface area (Å²) >= 11 is 0. The zero-order valence-corrected chi connectivity index (χ0v) is 11.2. The molecule has 3 atom stereocenters. The van der Waals surface area contributed by atoms with Crippen LogP contribution < -0.4 is 0 Å². The standard InChI is InChI=1S/C15H26O/c1-11-6-5-7-12(2)15(11)9-8-13(10-15)14(3,4)16/h6,12-13,16H,5,7-10H2,1-4H3/t12?,13-,15?/m0/s1. The maximum absolute atomic E-state index is 10.2. The summed E-state index contributed by atoms with van der Waals surface area (Å²) in [5, 5.41) is 10.2. The van der Waals surface area contributed by atoms with E-state index < -0.39 is 5.60 Å². The van der Waals surface area contributed by atoms with Gasteiger partial charge >= 0.3 is 0 Å². The smallest absolute Gasteiger partial charge is 0.0620 e. The van der Waals surface area contributed by atoms with Gasteiger partial charge in [-0.1, -0.05) is 18.6 Å². The minimum absolute atomic E-state index is 0.420. The van der Waals surface area contributed by atoms with Crippen molar-refractivity contribution in [2.24, 2.45) is 17.3 Å². The molecule has 1 heteroatoms. The Kier molecular flexibility index (Phi) is 2.94. The molecule has 1 N–H and O–H groups in total. The summed E-state index contributed by atoms with van der Waals surface area (Å²) < 4.78 is 0. The molecule has 2 unspecified atom stereocenters. The highest BCUT2D eigenvalue weighted by atomic mass is 16.3. The van der Waals surface area contributed by atoms with E-state index in [-0.39, 0.29) is 0 Å². The molecule has 2 rings (SSSR count). The van der Waals surface area contributed by atoms with Gasteiger partial charge in [-0.3, -0.25) is 0 Å². The maximum Gasteiger partial charge on any atom is 0.0620 e. The highest BCUT2D eigenvalue weighted by molar-refractivity contribution is 5.20. The lowest BCUT2D eigenvalue weighted by Gasteiger charge is -2.41. The Morgan fingerprint density at radius 2 is 2.06 bits per heavy atom. The second-order valence-electron chi connectivity index (χ2n) is 6.62. The average molecular weight is 222 g/mol. The molecule has 1 saturated carbocycles. The number of allylic oxidation sites excluding steroid dienone is 2. The summed E-state index contributed by atoms with van der Waals surface area (Å²) in [7, 11) is 0. The van der Waals surface area contributed by atoms with E-state index in [2.05, 4.69) is 19.9 Å². The quantitative estimate of drug-likeness (QED) is 0.667. The molecule has 0 aromatic heterocycles. The van der Waals surface area contributed by atoms with E-state index in [1.165, 1.54) is 32.1 Å². The highest BCUT2D eigenvalue weighted by Crippen LogP contribution is 2.56. The van der Waals surface area contributed by atoms with Gasteiger partial charge in [0, 0.05) is 0 Å². The Morgan fingerprint density at radius 1 is 1.38 bits per heavy atom. The van der Waals surface area contributed by atoms with Crippen molar-refractivity contribution in [3.63, 3.8) is 0 Å². The zero-order valence-electron chi connectivity index (χ0n) is 11.2. The Balaban J connectivity index is 2.22. The third kappa shape index (κ3) is 1.84. The molecule has 0 bridgehead atoms. The van der Waals surface area contributed by atoms with Gasteiger partial charge in [0.2, 0.25) is 0 Å². The Hall–Kier alpha value is -0.300. The summed E-state index contributed by atoms with van der Waals surface area (Å²) in [4.78, 5) is 0. The van der Waals surface area contributed by atoms with Crippen LogP contribution in [0, 0.1) is 17.3 Å². The molecule has 2 aliphatic rings. The second kappa shape index (κ2) is 3.87. The lowest BCUT2D eigenvalue weighted by atomic mass is 9.64. The molecule has 0 amide bonds. The van der Waals surface area contributed by atoms with Crippen molar-refractivity contribution in [1.82, 2.24) is 0 Å². The normalized spacial score (nSPS) is 40.2. The molecule has 0 aromatic rings. The lowest BCUT2D eigenvalue weighted by Crippen LogP contribution is -2.34. The minimum atomic E-state index is -0.499. The van der Waals surface area contributed by atoms with E-state index in [1.54, 1.807) is 5.57 Å². The molecular formula is C15H26O. The number of rotatable bonds is 1. The fourth-order valence-electron chi connectivity index (χ4n) is 3.90. The summed E-state index contributed by atoms with van der Waals surface area (Å²) in [6, 6.07) is 0. The van der Waals surface area contributed by atoms with Gasteiger partial charge in [0.05, 0.1) is 5.60 Å². The number of hydrogen-bond acceptors (Lipinski definition) is 1. The van der Waals surface area contributed by atoms with Crippen LogP contribution in [0.4, 0.5) is 0 Å². The van der Waals surface area contributed by atoms with Crippen LogP contribution in [-0.2, 0) is 0 Å². The summed E-state index contributed by atoms with van der Waals surface area (Å²) in [5.74, 6) is 1.28. The third-order valence-electron chi connectivity index (χ3n) is 5.33. The van der Waals surface area contributed by atoms with Crippen molar-refractivity contribution < 1.29 is 5.11 Å². The van der Waals surface area contributed by atoms with E-state index in [0.717, 1.165) is 5.92 Å². The largest absolute Gasteiger partial charge is 0.390 e. The first-order valence-corrected chi connectivity index (χ1v) is 6.76. The van der Waals surface area contributed by atoms with Gasteiger partial charge < -0.3 is 5.11 Å². The molecule has 0 aliphatic heterocycles. The Bertz CT molecular complexity index is 297. The summed E-state index contributed by atoms with van der Waals surface area (Å²) in [6.07, 6.45) is 8.69. The minimum Gasteiger partial charge on any atom is -0.390 e. The van der Waals surface area contributed by atoms with Crippen molar-refractivity contribution >= 4 is 0 Å². The Morgan fingerprint density at radius 3 is 2.56 bits per heavy atom. The summed E-state index contributed by atoms with van der Waals surface area (Å²) in [6.45, 7) is 8.66. The van der Waals surface area contributed by atoms with E-state index >= 15 is 0 Å². The van der Waals surface area contributed by atoms with Crippen LogP contribution in [0.2, 0.25) is 0 Å². The molecular weight excluding hydrogens is 196 g/mol. The van der Waals surface area contributed by atoms with Gasteiger partial charge in [0.15, 0.2) is 0 Å². The van der Waals surface area contributed by atoms with E-state index in [9.17, 15) is 5.11 Å². The van der Waals surface area contributed by atoms with Gasteiger partial charge in [-0.2, -0.15) is 0 Å². The van der Waals surface area contributed by atoms with Crippen molar-refractivity contribution in [2.75, 3.05) is 0 Å². The third-order valence-corrected chi connectivity index (χ3v) is 5.33.